The lowest BCUT2D eigenvalue weighted by molar-refractivity contribution is 0.210. The van der Waals surface area contributed by atoms with Crippen molar-refractivity contribution < 1.29 is 4.74 Å². The fourth-order valence-corrected chi connectivity index (χ4v) is 2.81. The van der Waals surface area contributed by atoms with Gasteiger partial charge < -0.3 is 15.4 Å². The fraction of sp³-hybridized carbons (Fsp3) is 0.400. The summed E-state index contributed by atoms with van der Waals surface area (Å²) in [6.07, 6.45) is 1.10. The van der Waals surface area contributed by atoms with E-state index in [1.54, 1.807) is 0 Å². The summed E-state index contributed by atoms with van der Waals surface area (Å²) >= 11 is 0. The number of anilines is 1. The van der Waals surface area contributed by atoms with E-state index < -0.39 is 0 Å². The number of ether oxygens (including phenoxy) is 1. The lowest BCUT2D eigenvalue weighted by atomic mass is 10.1. The molecule has 0 saturated carbocycles. The molecular formula is C20H26N2O. The Bertz CT molecular complexity index is 646. The van der Waals surface area contributed by atoms with Gasteiger partial charge in [0.2, 0.25) is 0 Å². The zero-order valence-corrected chi connectivity index (χ0v) is 14.2. The summed E-state index contributed by atoms with van der Waals surface area (Å²) in [5.74, 6) is 0.942. The third kappa shape index (κ3) is 4.26. The van der Waals surface area contributed by atoms with E-state index in [1.165, 1.54) is 11.1 Å². The standard InChI is InChI=1S/C20H26N2O/c1-20(2,3)22-12-11-15-9-10-18-17(13-15)21-14-19(23-18)16-7-5-4-6-8-16/h4-10,13,19,21-22H,11-12,14H2,1-3H3. The zero-order chi connectivity index (χ0) is 16.3. The average Bonchev–Trinajstić information content (AvgIpc) is 2.54. The predicted molar refractivity (Wildman–Crippen MR) is 96.2 cm³/mol. The van der Waals surface area contributed by atoms with Crippen LogP contribution in [0.5, 0.6) is 5.75 Å². The van der Waals surface area contributed by atoms with E-state index in [0.717, 1.165) is 30.9 Å². The number of benzene rings is 2. The molecule has 3 nitrogen and oxygen atoms in total. The van der Waals surface area contributed by atoms with E-state index in [9.17, 15) is 0 Å². The minimum atomic E-state index is 0.0807. The molecule has 1 aliphatic rings. The fourth-order valence-electron chi connectivity index (χ4n) is 2.81. The van der Waals surface area contributed by atoms with Crippen LogP contribution in [-0.2, 0) is 6.42 Å². The van der Waals surface area contributed by atoms with Crippen molar-refractivity contribution in [2.75, 3.05) is 18.4 Å². The molecule has 0 aromatic heterocycles. The van der Waals surface area contributed by atoms with Gasteiger partial charge in [-0.3, -0.25) is 0 Å². The number of rotatable bonds is 4. The van der Waals surface area contributed by atoms with Crippen LogP contribution in [0.2, 0.25) is 0 Å². The highest BCUT2D eigenvalue weighted by atomic mass is 16.5. The maximum absolute atomic E-state index is 6.15. The van der Waals surface area contributed by atoms with Crippen molar-refractivity contribution in [3.05, 3.63) is 59.7 Å². The van der Waals surface area contributed by atoms with Crippen LogP contribution in [0.4, 0.5) is 5.69 Å². The molecular weight excluding hydrogens is 284 g/mol. The molecule has 1 aliphatic heterocycles. The highest BCUT2D eigenvalue weighted by molar-refractivity contribution is 5.60. The van der Waals surface area contributed by atoms with Crippen molar-refractivity contribution in [2.24, 2.45) is 0 Å². The molecule has 0 spiro atoms. The summed E-state index contributed by atoms with van der Waals surface area (Å²) in [6.45, 7) is 8.37. The Balaban J connectivity index is 1.64. The van der Waals surface area contributed by atoms with Gasteiger partial charge in [-0.25, -0.2) is 0 Å². The van der Waals surface area contributed by atoms with Crippen LogP contribution in [0.3, 0.4) is 0 Å². The molecule has 0 aliphatic carbocycles. The van der Waals surface area contributed by atoms with Gasteiger partial charge in [0.1, 0.15) is 11.9 Å². The molecule has 2 aromatic rings. The molecule has 1 heterocycles. The van der Waals surface area contributed by atoms with Gasteiger partial charge in [-0.1, -0.05) is 36.4 Å². The van der Waals surface area contributed by atoms with E-state index in [2.05, 4.69) is 73.9 Å². The normalized spacial score (nSPS) is 17.1. The van der Waals surface area contributed by atoms with Gasteiger partial charge in [-0.15, -0.1) is 0 Å². The third-order valence-electron chi connectivity index (χ3n) is 4.03. The second kappa shape index (κ2) is 6.63. The van der Waals surface area contributed by atoms with Crippen LogP contribution >= 0.6 is 0 Å². The SMILES string of the molecule is CC(C)(C)NCCc1ccc2c(c1)NCC(c1ccccc1)O2. The van der Waals surface area contributed by atoms with Gasteiger partial charge in [0, 0.05) is 5.54 Å². The van der Waals surface area contributed by atoms with E-state index >= 15 is 0 Å². The lowest BCUT2D eigenvalue weighted by Crippen LogP contribution is -2.37. The summed E-state index contributed by atoms with van der Waals surface area (Å²) in [6, 6.07) is 16.8. The third-order valence-corrected chi connectivity index (χ3v) is 4.03. The molecule has 3 heteroatoms. The summed E-state index contributed by atoms with van der Waals surface area (Å²) in [7, 11) is 0. The molecule has 0 saturated heterocycles. The van der Waals surface area contributed by atoms with Crippen LogP contribution in [0.25, 0.3) is 0 Å². The zero-order valence-electron chi connectivity index (χ0n) is 14.2. The lowest BCUT2D eigenvalue weighted by Gasteiger charge is -2.28. The highest BCUT2D eigenvalue weighted by Crippen LogP contribution is 2.34. The largest absolute Gasteiger partial charge is 0.482 e. The second-order valence-corrected chi connectivity index (χ2v) is 7.16. The number of nitrogens with one attached hydrogen (secondary N) is 2. The van der Waals surface area contributed by atoms with Gasteiger partial charge >= 0.3 is 0 Å². The number of fused-ring (bicyclic) bond motifs is 1. The van der Waals surface area contributed by atoms with Crippen LogP contribution in [0, 0.1) is 0 Å². The Labute approximate surface area is 139 Å². The molecule has 2 N–H and O–H groups in total. The summed E-state index contributed by atoms with van der Waals surface area (Å²) < 4.78 is 6.15. The van der Waals surface area contributed by atoms with Crippen molar-refractivity contribution >= 4 is 5.69 Å². The summed E-state index contributed by atoms with van der Waals surface area (Å²) in [5.41, 5.74) is 3.81. The topological polar surface area (TPSA) is 33.3 Å². The maximum atomic E-state index is 6.15. The monoisotopic (exact) mass is 310 g/mol. The summed E-state index contributed by atoms with van der Waals surface area (Å²) in [5, 5.41) is 7.04. The Morgan fingerprint density at radius 2 is 1.91 bits per heavy atom. The molecule has 0 fully saturated rings. The maximum Gasteiger partial charge on any atom is 0.143 e. The molecule has 1 atom stereocenters. The van der Waals surface area contributed by atoms with Crippen molar-refractivity contribution in [3.8, 4) is 5.75 Å². The minimum Gasteiger partial charge on any atom is -0.482 e. The number of hydrogen-bond donors (Lipinski definition) is 2. The molecule has 3 rings (SSSR count). The quantitative estimate of drug-likeness (QED) is 0.889. The Morgan fingerprint density at radius 3 is 2.65 bits per heavy atom. The van der Waals surface area contributed by atoms with Crippen molar-refractivity contribution in [3.63, 3.8) is 0 Å². The van der Waals surface area contributed by atoms with Gasteiger partial charge in [0.25, 0.3) is 0 Å². The van der Waals surface area contributed by atoms with E-state index in [-0.39, 0.29) is 11.6 Å². The first-order valence-electron chi connectivity index (χ1n) is 8.35. The Hall–Kier alpha value is -2.00. The van der Waals surface area contributed by atoms with Crippen molar-refractivity contribution in [2.45, 2.75) is 38.8 Å². The van der Waals surface area contributed by atoms with Gasteiger partial charge in [0.15, 0.2) is 0 Å². The van der Waals surface area contributed by atoms with Gasteiger partial charge in [-0.05, 0) is 57.0 Å². The predicted octanol–water partition coefficient (Wildman–Crippen LogP) is 4.16. The van der Waals surface area contributed by atoms with Crippen LogP contribution in [0.15, 0.2) is 48.5 Å². The average molecular weight is 310 g/mol. The second-order valence-electron chi connectivity index (χ2n) is 7.16. The summed E-state index contributed by atoms with van der Waals surface area (Å²) in [4.78, 5) is 0. The van der Waals surface area contributed by atoms with E-state index in [1.807, 2.05) is 6.07 Å². The van der Waals surface area contributed by atoms with Gasteiger partial charge in [0.05, 0.1) is 12.2 Å². The van der Waals surface area contributed by atoms with Crippen molar-refractivity contribution in [1.82, 2.24) is 5.32 Å². The van der Waals surface area contributed by atoms with Crippen LogP contribution < -0.4 is 15.4 Å². The molecule has 0 bridgehead atoms. The van der Waals surface area contributed by atoms with Crippen molar-refractivity contribution in [1.29, 1.82) is 0 Å². The van der Waals surface area contributed by atoms with Crippen LogP contribution in [-0.4, -0.2) is 18.6 Å². The Kier molecular flexibility index (Phi) is 4.58. The smallest absolute Gasteiger partial charge is 0.143 e. The molecule has 2 aromatic carbocycles. The van der Waals surface area contributed by atoms with E-state index in [0.29, 0.717) is 0 Å². The highest BCUT2D eigenvalue weighted by Gasteiger charge is 2.20. The first-order valence-corrected chi connectivity index (χ1v) is 8.35. The first-order chi connectivity index (χ1) is 11.0. The van der Waals surface area contributed by atoms with Crippen LogP contribution in [0.1, 0.15) is 38.0 Å². The minimum absolute atomic E-state index is 0.0807. The first kappa shape index (κ1) is 15.9. The number of hydrogen-bond acceptors (Lipinski definition) is 3. The molecule has 122 valence electrons. The molecule has 0 amide bonds. The molecule has 1 unspecified atom stereocenters. The molecule has 0 radical (unpaired) electrons. The molecule has 23 heavy (non-hydrogen) atoms. The van der Waals surface area contributed by atoms with E-state index in [4.69, 9.17) is 4.74 Å². The van der Waals surface area contributed by atoms with Gasteiger partial charge in [-0.2, -0.15) is 0 Å². The Morgan fingerprint density at radius 1 is 1.13 bits per heavy atom.